The van der Waals surface area contributed by atoms with Gasteiger partial charge in [-0.2, -0.15) is 5.26 Å². The van der Waals surface area contributed by atoms with Gasteiger partial charge in [-0.25, -0.2) is 4.98 Å². The Balaban J connectivity index is 2.20. The summed E-state index contributed by atoms with van der Waals surface area (Å²) in [5.41, 5.74) is -0.0251. The molecular weight excluding hydrogens is 344 g/mol. The SMILES string of the molecule is N#C/C(=C\c1ccccc1[N+](=O)[O-])c1nc2cc(Cl)ccc2c(=O)[nH]1. The molecular formula is C17H9ClN4O3. The Morgan fingerprint density at radius 3 is 2.80 bits per heavy atom. The summed E-state index contributed by atoms with van der Waals surface area (Å²) in [5, 5.41) is 21.2. The Morgan fingerprint density at radius 2 is 2.08 bits per heavy atom. The molecule has 0 unspecified atom stereocenters. The molecule has 0 spiro atoms. The van der Waals surface area contributed by atoms with Crippen molar-refractivity contribution in [1.82, 2.24) is 9.97 Å². The van der Waals surface area contributed by atoms with E-state index in [1.165, 1.54) is 36.4 Å². The maximum Gasteiger partial charge on any atom is 0.276 e. The van der Waals surface area contributed by atoms with Gasteiger partial charge in [0.1, 0.15) is 6.07 Å². The number of nitro benzene ring substituents is 1. The number of H-pyrrole nitrogens is 1. The number of allylic oxidation sites excluding steroid dienone is 1. The van der Waals surface area contributed by atoms with E-state index in [9.17, 15) is 20.2 Å². The third-order valence-electron chi connectivity index (χ3n) is 3.48. The summed E-state index contributed by atoms with van der Waals surface area (Å²) < 4.78 is 0. The van der Waals surface area contributed by atoms with E-state index in [-0.39, 0.29) is 22.6 Å². The van der Waals surface area contributed by atoms with Gasteiger partial charge in [0.15, 0.2) is 5.82 Å². The average molecular weight is 353 g/mol. The van der Waals surface area contributed by atoms with E-state index in [0.717, 1.165) is 0 Å². The van der Waals surface area contributed by atoms with Crippen LogP contribution in [-0.2, 0) is 0 Å². The van der Waals surface area contributed by atoms with E-state index >= 15 is 0 Å². The fourth-order valence-corrected chi connectivity index (χ4v) is 2.49. The van der Waals surface area contributed by atoms with Crippen LogP contribution in [0.2, 0.25) is 5.02 Å². The van der Waals surface area contributed by atoms with Gasteiger partial charge >= 0.3 is 0 Å². The Bertz CT molecular complexity index is 1130. The van der Waals surface area contributed by atoms with Crippen molar-refractivity contribution in [2.24, 2.45) is 0 Å². The summed E-state index contributed by atoms with van der Waals surface area (Å²) >= 11 is 5.92. The fraction of sp³-hybridized carbons (Fsp3) is 0. The van der Waals surface area contributed by atoms with E-state index in [2.05, 4.69) is 9.97 Å². The summed E-state index contributed by atoms with van der Waals surface area (Å²) in [5.74, 6) is 0.0143. The molecule has 8 heteroatoms. The first-order valence-corrected chi connectivity index (χ1v) is 7.42. The second-order valence-electron chi connectivity index (χ2n) is 5.06. The van der Waals surface area contributed by atoms with Crippen LogP contribution in [0.25, 0.3) is 22.6 Å². The number of rotatable bonds is 3. The lowest BCUT2D eigenvalue weighted by Gasteiger charge is -2.03. The lowest BCUT2D eigenvalue weighted by Crippen LogP contribution is -2.11. The van der Waals surface area contributed by atoms with Crippen LogP contribution in [0.1, 0.15) is 11.4 Å². The first-order chi connectivity index (χ1) is 12.0. The lowest BCUT2D eigenvalue weighted by atomic mass is 10.1. The Labute approximate surface area is 146 Å². The van der Waals surface area contributed by atoms with Gasteiger partial charge in [-0.3, -0.25) is 14.9 Å². The molecule has 0 saturated heterocycles. The standard InChI is InChI=1S/C17H9ClN4O3/c18-12-5-6-13-14(8-12)20-16(21-17(13)23)11(9-19)7-10-3-1-2-4-15(10)22(24)25/h1-8H,(H,20,21,23)/b11-7+. The largest absolute Gasteiger partial charge is 0.305 e. The number of hydrogen-bond donors (Lipinski definition) is 1. The average Bonchev–Trinajstić information content (AvgIpc) is 2.59. The molecule has 0 radical (unpaired) electrons. The summed E-state index contributed by atoms with van der Waals surface area (Å²) in [6.45, 7) is 0. The highest BCUT2D eigenvalue weighted by Gasteiger charge is 2.14. The van der Waals surface area contributed by atoms with E-state index in [4.69, 9.17) is 11.6 Å². The Morgan fingerprint density at radius 1 is 1.32 bits per heavy atom. The first kappa shape index (κ1) is 16.4. The van der Waals surface area contributed by atoms with Gasteiger partial charge in [0.2, 0.25) is 0 Å². The van der Waals surface area contributed by atoms with Gasteiger partial charge in [-0.1, -0.05) is 23.7 Å². The van der Waals surface area contributed by atoms with Crippen LogP contribution in [0.3, 0.4) is 0 Å². The van der Waals surface area contributed by atoms with Crippen molar-refractivity contribution in [1.29, 1.82) is 5.26 Å². The zero-order valence-corrected chi connectivity index (χ0v) is 13.3. The molecule has 3 rings (SSSR count). The van der Waals surface area contributed by atoms with Crippen molar-refractivity contribution >= 4 is 39.8 Å². The summed E-state index contributed by atoms with van der Waals surface area (Å²) in [6, 6.07) is 12.5. The molecule has 0 atom stereocenters. The van der Waals surface area contributed by atoms with Gasteiger partial charge < -0.3 is 4.98 Å². The molecule has 122 valence electrons. The topological polar surface area (TPSA) is 113 Å². The van der Waals surface area contributed by atoms with Gasteiger partial charge in [-0.05, 0) is 30.3 Å². The minimum absolute atomic E-state index is 0.00623. The Hall–Kier alpha value is -3.50. The molecule has 7 nitrogen and oxygen atoms in total. The quantitative estimate of drug-likeness (QED) is 0.440. The van der Waals surface area contributed by atoms with E-state index in [1.807, 2.05) is 6.07 Å². The van der Waals surface area contributed by atoms with Crippen LogP contribution in [0.5, 0.6) is 0 Å². The molecule has 0 aliphatic rings. The second-order valence-corrected chi connectivity index (χ2v) is 5.50. The molecule has 25 heavy (non-hydrogen) atoms. The van der Waals surface area contributed by atoms with Crippen LogP contribution >= 0.6 is 11.6 Å². The normalized spacial score (nSPS) is 11.3. The number of para-hydroxylation sites is 1. The predicted octanol–water partition coefficient (Wildman–Crippen LogP) is 3.55. The number of nitro groups is 1. The zero-order chi connectivity index (χ0) is 18.0. The number of hydrogen-bond acceptors (Lipinski definition) is 5. The molecule has 0 amide bonds. The fourth-order valence-electron chi connectivity index (χ4n) is 2.33. The van der Waals surface area contributed by atoms with Gasteiger partial charge in [0, 0.05) is 11.1 Å². The zero-order valence-electron chi connectivity index (χ0n) is 12.6. The number of nitrogens with zero attached hydrogens (tertiary/aromatic N) is 3. The first-order valence-electron chi connectivity index (χ1n) is 7.05. The number of nitrogens with one attached hydrogen (secondary N) is 1. The molecule has 0 saturated carbocycles. The third-order valence-corrected chi connectivity index (χ3v) is 3.71. The number of nitriles is 1. The molecule has 2 aromatic carbocycles. The minimum Gasteiger partial charge on any atom is -0.305 e. The van der Waals surface area contributed by atoms with Crippen molar-refractivity contribution in [2.75, 3.05) is 0 Å². The molecule has 0 bridgehead atoms. The summed E-state index contributed by atoms with van der Waals surface area (Å²) in [7, 11) is 0. The van der Waals surface area contributed by atoms with Crippen molar-refractivity contribution < 1.29 is 4.92 Å². The summed E-state index contributed by atoms with van der Waals surface area (Å²) in [6.07, 6.45) is 1.31. The molecule has 0 aliphatic heterocycles. The summed E-state index contributed by atoms with van der Waals surface area (Å²) in [4.78, 5) is 29.5. The van der Waals surface area contributed by atoms with Crippen LogP contribution < -0.4 is 5.56 Å². The molecule has 0 fully saturated rings. The number of fused-ring (bicyclic) bond motifs is 1. The van der Waals surface area contributed by atoms with Crippen LogP contribution in [-0.4, -0.2) is 14.9 Å². The van der Waals surface area contributed by atoms with Gasteiger partial charge in [0.05, 0.1) is 27.0 Å². The van der Waals surface area contributed by atoms with Crippen molar-refractivity contribution in [3.8, 4) is 6.07 Å². The van der Waals surface area contributed by atoms with Crippen molar-refractivity contribution in [3.63, 3.8) is 0 Å². The predicted molar refractivity (Wildman–Crippen MR) is 94.0 cm³/mol. The Kier molecular flexibility index (Phi) is 4.29. The maximum atomic E-state index is 12.2. The van der Waals surface area contributed by atoms with E-state index in [0.29, 0.717) is 15.9 Å². The number of aromatic amines is 1. The monoisotopic (exact) mass is 352 g/mol. The lowest BCUT2D eigenvalue weighted by molar-refractivity contribution is -0.385. The second kappa shape index (κ2) is 6.55. The van der Waals surface area contributed by atoms with Crippen LogP contribution in [0.15, 0.2) is 47.3 Å². The molecule has 1 N–H and O–H groups in total. The van der Waals surface area contributed by atoms with Crippen LogP contribution in [0.4, 0.5) is 5.69 Å². The molecule has 1 heterocycles. The maximum absolute atomic E-state index is 12.2. The minimum atomic E-state index is -0.544. The number of benzene rings is 2. The smallest absolute Gasteiger partial charge is 0.276 e. The molecule has 3 aromatic rings. The number of aromatic nitrogens is 2. The van der Waals surface area contributed by atoms with Gasteiger partial charge in [0.25, 0.3) is 11.2 Å². The highest BCUT2D eigenvalue weighted by molar-refractivity contribution is 6.31. The van der Waals surface area contributed by atoms with E-state index in [1.54, 1.807) is 12.1 Å². The highest BCUT2D eigenvalue weighted by Crippen LogP contribution is 2.23. The molecule has 0 aliphatic carbocycles. The number of halogens is 1. The van der Waals surface area contributed by atoms with Gasteiger partial charge in [-0.15, -0.1) is 0 Å². The molecule has 1 aromatic heterocycles. The van der Waals surface area contributed by atoms with Crippen molar-refractivity contribution in [2.45, 2.75) is 0 Å². The van der Waals surface area contributed by atoms with Crippen molar-refractivity contribution in [3.05, 3.63) is 79.3 Å². The van der Waals surface area contributed by atoms with E-state index < -0.39 is 10.5 Å². The van der Waals surface area contributed by atoms with Crippen LogP contribution in [0, 0.1) is 21.4 Å². The third kappa shape index (κ3) is 3.24. The highest BCUT2D eigenvalue weighted by atomic mass is 35.5.